The first-order valence-corrected chi connectivity index (χ1v) is 7.37. The molecule has 20 heavy (non-hydrogen) atoms. The SMILES string of the molecule is Cc1nnc(CS(=O)(=O)c2ccc(C(=O)O)c(Cl)c2)o1. The molecule has 0 saturated heterocycles. The third kappa shape index (κ3) is 2.97. The lowest BCUT2D eigenvalue weighted by Crippen LogP contribution is -2.07. The second kappa shape index (κ2) is 5.22. The lowest BCUT2D eigenvalue weighted by Gasteiger charge is -2.04. The third-order valence-electron chi connectivity index (χ3n) is 2.41. The zero-order valence-corrected chi connectivity index (χ0v) is 11.8. The van der Waals surface area contributed by atoms with E-state index in [2.05, 4.69) is 10.2 Å². The van der Waals surface area contributed by atoms with Crippen molar-refractivity contribution in [1.82, 2.24) is 10.2 Å². The van der Waals surface area contributed by atoms with Gasteiger partial charge in [0.05, 0.1) is 15.5 Å². The maximum Gasteiger partial charge on any atom is 0.337 e. The molecule has 0 fully saturated rings. The first-order chi connectivity index (χ1) is 9.29. The number of carbonyl (C=O) groups is 1. The first kappa shape index (κ1) is 14.5. The van der Waals surface area contributed by atoms with Gasteiger partial charge in [0.2, 0.25) is 11.8 Å². The summed E-state index contributed by atoms with van der Waals surface area (Å²) in [5.41, 5.74) is -0.167. The Hall–Kier alpha value is -1.93. The summed E-state index contributed by atoms with van der Waals surface area (Å²) in [5.74, 6) is -1.49. The van der Waals surface area contributed by atoms with Gasteiger partial charge in [-0.2, -0.15) is 0 Å². The lowest BCUT2D eigenvalue weighted by atomic mass is 10.2. The highest BCUT2D eigenvalue weighted by molar-refractivity contribution is 7.90. The van der Waals surface area contributed by atoms with Gasteiger partial charge in [-0.3, -0.25) is 0 Å². The van der Waals surface area contributed by atoms with Gasteiger partial charge in [-0.25, -0.2) is 13.2 Å². The number of aromatic carboxylic acids is 1. The Bertz CT molecular complexity index is 769. The van der Waals surface area contributed by atoms with Crippen LogP contribution in [0.15, 0.2) is 27.5 Å². The Balaban J connectivity index is 2.35. The van der Waals surface area contributed by atoms with Crippen molar-refractivity contribution in [2.45, 2.75) is 17.6 Å². The minimum Gasteiger partial charge on any atom is -0.478 e. The van der Waals surface area contributed by atoms with Crippen LogP contribution in [-0.4, -0.2) is 29.7 Å². The summed E-state index contributed by atoms with van der Waals surface area (Å²) >= 11 is 5.74. The molecule has 1 aromatic carbocycles. The van der Waals surface area contributed by atoms with E-state index in [1.54, 1.807) is 6.92 Å². The highest BCUT2D eigenvalue weighted by atomic mass is 35.5. The number of hydrogen-bond acceptors (Lipinski definition) is 6. The number of benzene rings is 1. The average molecular weight is 317 g/mol. The quantitative estimate of drug-likeness (QED) is 0.913. The Morgan fingerprint density at radius 3 is 2.60 bits per heavy atom. The van der Waals surface area contributed by atoms with Crippen molar-refractivity contribution >= 4 is 27.4 Å². The van der Waals surface area contributed by atoms with Crippen LogP contribution in [0.5, 0.6) is 0 Å². The van der Waals surface area contributed by atoms with Gasteiger partial charge in [-0.1, -0.05) is 11.6 Å². The van der Waals surface area contributed by atoms with Crippen molar-refractivity contribution in [3.63, 3.8) is 0 Å². The minimum absolute atomic E-state index is 0.0408. The third-order valence-corrected chi connectivity index (χ3v) is 4.32. The predicted octanol–water partition coefficient (Wildman–Crippen LogP) is 1.70. The minimum atomic E-state index is -3.74. The van der Waals surface area contributed by atoms with Crippen LogP contribution in [0.4, 0.5) is 0 Å². The number of sulfone groups is 1. The Morgan fingerprint density at radius 2 is 2.10 bits per heavy atom. The van der Waals surface area contributed by atoms with Crippen molar-refractivity contribution in [2.75, 3.05) is 0 Å². The summed E-state index contributed by atoms with van der Waals surface area (Å²) < 4.78 is 29.2. The van der Waals surface area contributed by atoms with Gasteiger partial charge in [-0.05, 0) is 18.2 Å². The van der Waals surface area contributed by atoms with Gasteiger partial charge >= 0.3 is 5.97 Å². The topological polar surface area (TPSA) is 110 Å². The molecule has 0 unspecified atom stereocenters. The smallest absolute Gasteiger partial charge is 0.337 e. The summed E-state index contributed by atoms with van der Waals surface area (Å²) in [7, 11) is -3.74. The number of hydrogen-bond donors (Lipinski definition) is 1. The molecule has 7 nitrogen and oxygen atoms in total. The van der Waals surface area contributed by atoms with E-state index < -0.39 is 21.6 Å². The van der Waals surface area contributed by atoms with Crippen LogP contribution < -0.4 is 0 Å². The molecule has 1 N–H and O–H groups in total. The van der Waals surface area contributed by atoms with Gasteiger partial charge in [0.25, 0.3) is 0 Å². The molecular weight excluding hydrogens is 308 g/mol. The molecular formula is C11H9ClN2O5S. The fourth-order valence-corrected chi connectivity index (χ4v) is 3.01. The number of aryl methyl sites for hydroxylation is 1. The lowest BCUT2D eigenvalue weighted by molar-refractivity contribution is 0.0697. The first-order valence-electron chi connectivity index (χ1n) is 5.34. The summed E-state index contributed by atoms with van der Waals surface area (Å²) in [5, 5.41) is 15.8. The molecule has 9 heteroatoms. The van der Waals surface area contributed by atoms with Crippen molar-refractivity contribution in [3.05, 3.63) is 40.6 Å². The molecule has 0 aliphatic carbocycles. The molecule has 106 valence electrons. The normalized spacial score (nSPS) is 11.5. The van der Waals surface area contributed by atoms with E-state index in [1.165, 1.54) is 6.07 Å². The molecule has 0 spiro atoms. The van der Waals surface area contributed by atoms with Crippen molar-refractivity contribution in [3.8, 4) is 0 Å². The van der Waals surface area contributed by atoms with Crippen LogP contribution in [0.25, 0.3) is 0 Å². The standard InChI is InChI=1S/C11H9ClN2O5S/c1-6-13-14-10(19-6)5-20(17,18)7-2-3-8(11(15)16)9(12)4-7/h2-4H,5H2,1H3,(H,15,16). The molecule has 2 aromatic rings. The summed E-state index contributed by atoms with van der Waals surface area (Å²) in [6, 6.07) is 3.40. The van der Waals surface area contributed by atoms with Crippen LogP contribution >= 0.6 is 11.6 Å². The fourth-order valence-electron chi connectivity index (χ4n) is 1.50. The number of nitrogens with zero attached hydrogens (tertiary/aromatic N) is 2. The Kier molecular flexibility index (Phi) is 3.78. The maximum atomic E-state index is 12.1. The van der Waals surface area contributed by atoms with Gasteiger partial charge in [-0.15, -0.1) is 10.2 Å². The summed E-state index contributed by atoms with van der Waals surface area (Å²) in [6.45, 7) is 1.54. The molecule has 0 bridgehead atoms. The van der Waals surface area contributed by atoms with Gasteiger partial charge in [0.1, 0.15) is 5.75 Å². The number of carboxylic acid groups (broad SMARTS) is 1. The van der Waals surface area contributed by atoms with E-state index in [0.29, 0.717) is 0 Å². The molecule has 0 amide bonds. The monoisotopic (exact) mass is 316 g/mol. The van der Waals surface area contributed by atoms with E-state index >= 15 is 0 Å². The zero-order chi connectivity index (χ0) is 14.9. The van der Waals surface area contributed by atoms with Crippen LogP contribution in [0.3, 0.4) is 0 Å². The molecule has 1 heterocycles. The molecule has 0 aliphatic rings. The van der Waals surface area contributed by atoms with E-state index in [9.17, 15) is 13.2 Å². The van der Waals surface area contributed by atoms with E-state index in [4.69, 9.17) is 21.1 Å². The largest absolute Gasteiger partial charge is 0.478 e. The van der Waals surface area contributed by atoms with E-state index in [1.807, 2.05) is 0 Å². The van der Waals surface area contributed by atoms with Crippen LogP contribution in [0.2, 0.25) is 5.02 Å². The molecule has 2 rings (SSSR count). The second-order valence-electron chi connectivity index (χ2n) is 3.92. The van der Waals surface area contributed by atoms with Crippen LogP contribution in [0.1, 0.15) is 22.1 Å². The number of rotatable bonds is 4. The van der Waals surface area contributed by atoms with Crippen molar-refractivity contribution < 1.29 is 22.7 Å². The number of aromatic nitrogens is 2. The molecule has 1 aromatic heterocycles. The highest BCUT2D eigenvalue weighted by Crippen LogP contribution is 2.23. The Labute approximate surface area is 119 Å². The average Bonchev–Trinajstić information content (AvgIpc) is 2.73. The highest BCUT2D eigenvalue weighted by Gasteiger charge is 2.21. The van der Waals surface area contributed by atoms with E-state index in [0.717, 1.165) is 12.1 Å². The molecule has 0 aliphatic heterocycles. The fraction of sp³-hybridized carbons (Fsp3) is 0.182. The molecule has 0 saturated carbocycles. The van der Waals surface area contributed by atoms with Gasteiger partial charge in [0.15, 0.2) is 9.84 Å². The van der Waals surface area contributed by atoms with Crippen molar-refractivity contribution in [1.29, 1.82) is 0 Å². The molecule has 0 radical (unpaired) electrons. The van der Waals surface area contributed by atoms with E-state index in [-0.39, 0.29) is 27.3 Å². The van der Waals surface area contributed by atoms with Crippen molar-refractivity contribution in [2.24, 2.45) is 0 Å². The number of halogens is 1. The van der Waals surface area contributed by atoms with Crippen LogP contribution in [-0.2, 0) is 15.6 Å². The summed E-state index contributed by atoms with van der Waals surface area (Å²) in [6.07, 6.45) is 0. The van der Waals surface area contributed by atoms with Gasteiger partial charge < -0.3 is 9.52 Å². The zero-order valence-electron chi connectivity index (χ0n) is 10.2. The molecule has 0 atom stereocenters. The predicted molar refractivity (Wildman–Crippen MR) is 68.3 cm³/mol. The second-order valence-corrected chi connectivity index (χ2v) is 6.32. The Morgan fingerprint density at radius 1 is 1.40 bits per heavy atom. The number of carboxylic acids is 1. The van der Waals surface area contributed by atoms with Crippen LogP contribution in [0, 0.1) is 6.92 Å². The summed E-state index contributed by atoms with van der Waals surface area (Å²) in [4.78, 5) is 10.7. The van der Waals surface area contributed by atoms with Gasteiger partial charge in [0, 0.05) is 6.92 Å². The maximum absolute atomic E-state index is 12.1.